The molecule has 0 aliphatic heterocycles. The van der Waals surface area contributed by atoms with E-state index in [1.807, 2.05) is 0 Å². The Labute approximate surface area is 130 Å². The summed E-state index contributed by atoms with van der Waals surface area (Å²) in [6.07, 6.45) is 5.27. The van der Waals surface area contributed by atoms with Gasteiger partial charge in [-0.2, -0.15) is 0 Å². The van der Waals surface area contributed by atoms with Crippen molar-refractivity contribution in [1.29, 1.82) is 0 Å². The standard InChI is InChI=1S/C15H19BrO3S/c1-2-10-4-3-5-12(8-10)20(19)14-9-11(16)6-7-13(14)15(17)18/h6-7,9-10,12H,2-5,8H2,1H3,(H,17,18). The molecule has 5 heteroatoms. The molecule has 0 aromatic heterocycles. The average Bonchev–Trinajstić information content (AvgIpc) is 2.46. The topological polar surface area (TPSA) is 54.4 Å². The molecule has 1 aromatic rings. The van der Waals surface area contributed by atoms with Gasteiger partial charge >= 0.3 is 5.97 Å². The summed E-state index contributed by atoms with van der Waals surface area (Å²) in [6, 6.07) is 4.90. The average molecular weight is 359 g/mol. The van der Waals surface area contributed by atoms with Gasteiger partial charge in [0.15, 0.2) is 0 Å². The second kappa shape index (κ2) is 6.85. The number of halogens is 1. The second-order valence-electron chi connectivity index (χ2n) is 5.31. The van der Waals surface area contributed by atoms with Gasteiger partial charge in [-0.15, -0.1) is 0 Å². The molecule has 1 aliphatic carbocycles. The molecule has 3 atom stereocenters. The van der Waals surface area contributed by atoms with Gasteiger partial charge in [0.1, 0.15) is 0 Å². The first-order chi connectivity index (χ1) is 9.52. The Balaban J connectivity index is 2.28. The third-order valence-electron chi connectivity index (χ3n) is 4.01. The fourth-order valence-electron chi connectivity index (χ4n) is 2.83. The maximum atomic E-state index is 12.8. The smallest absolute Gasteiger partial charge is 0.336 e. The van der Waals surface area contributed by atoms with Crippen LogP contribution < -0.4 is 0 Å². The summed E-state index contributed by atoms with van der Waals surface area (Å²) in [5.41, 5.74) is 0.158. The van der Waals surface area contributed by atoms with E-state index in [9.17, 15) is 14.1 Å². The van der Waals surface area contributed by atoms with Crippen LogP contribution in [0.1, 0.15) is 49.4 Å². The molecule has 1 N–H and O–H groups in total. The molecule has 110 valence electrons. The largest absolute Gasteiger partial charge is 0.478 e. The zero-order chi connectivity index (χ0) is 14.7. The molecule has 0 amide bonds. The van der Waals surface area contributed by atoms with Gasteiger partial charge in [0, 0.05) is 9.72 Å². The van der Waals surface area contributed by atoms with Crippen molar-refractivity contribution in [2.75, 3.05) is 0 Å². The summed E-state index contributed by atoms with van der Waals surface area (Å²) in [6.45, 7) is 2.16. The lowest BCUT2D eigenvalue weighted by Crippen LogP contribution is -2.25. The molecule has 0 saturated heterocycles. The van der Waals surface area contributed by atoms with E-state index in [4.69, 9.17) is 0 Å². The van der Waals surface area contributed by atoms with E-state index in [-0.39, 0.29) is 10.8 Å². The summed E-state index contributed by atoms with van der Waals surface area (Å²) >= 11 is 3.34. The van der Waals surface area contributed by atoms with Crippen LogP contribution in [0.15, 0.2) is 27.6 Å². The lowest BCUT2D eigenvalue weighted by molar-refractivity contribution is 0.0693. The van der Waals surface area contributed by atoms with Crippen LogP contribution in [-0.4, -0.2) is 20.5 Å². The molecule has 1 aliphatic rings. The first-order valence-corrected chi connectivity index (χ1v) is 8.97. The Hall–Kier alpha value is -0.680. The van der Waals surface area contributed by atoms with Crippen molar-refractivity contribution in [3.8, 4) is 0 Å². The van der Waals surface area contributed by atoms with Gasteiger partial charge in [-0.25, -0.2) is 4.79 Å². The molecule has 3 nitrogen and oxygen atoms in total. The minimum atomic E-state index is -1.25. The van der Waals surface area contributed by atoms with Crippen LogP contribution in [0.5, 0.6) is 0 Å². The Morgan fingerprint density at radius 3 is 2.85 bits per heavy atom. The highest BCUT2D eigenvalue weighted by molar-refractivity contribution is 9.10. The predicted octanol–water partition coefficient (Wildman–Crippen LogP) is 4.22. The Morgan fingerprint density at radius 1 is 1.45 bits per heavy atom. The predicted molar refractivity (Wildman–Crippen MR) is 83.5 cm³/mol. The molecular weight excluding hydrogens is 340 g/mol. The maximum Gasteiger partial charge on any atom is 0.336 e. The lowest BCUT2D eigenvalue weighted by atomic mass is 9.87. The van der Waals surface area contributed by atoms with Crippen molar-refractivity contribution >= 4 is 32.7 Å². The van der Waals surface area contributed by atoms with Gasteiger partial charge in [-0.05, 0) is 37.0 Å². The van der Waals surface area contributed by atoms with Gasteiger partial charge in [-0.1, -0.05) is 42.1 Å². The van der Waals surface area contributed by atoms with E-state index in [1.165, 1.54) is 12.5 Å². The zero-order valence-electron chi connectivity index (χ0n) is 11.5. The molecule has 0 radical (unpaired) electrons. The number of hydrogen-bond donors (Lipinski definition) is 1. The molecule has 3 unspecified atom stereocenters. The summed E-state index contributed by atoms with van der Waals surface area (Å²) in [5, 5.41) is 9.34. The quantitative estimate of drug-likeness (QED) is 0.876. The van der Waals surface area contributed by atoms with Crippen LogP contribution in [0.2, 0.25) is 0 Å². The van der Waals surface area contributed by atoms with E-state index in [2.05, 4.69) is 22.9 Å². The Kier molecular flexibility index (Phi) is 5.38. The molecule has 0 spiro atoms. The van der Waals surface area contributed by atoms with Crippen molar-refractivity contribution in [3.05, 3.63) is 28.2 Å². The third-order valence-corrected chi connectivity index (χ3v) is 6.30. The van der Waals surface area contributed by atoms with E-state index < -0.39 is 16.8 Å². The van der Waals surface area contributed by atoms with Gasteiger partial charge in [-0.3, -0.25) is 4.21 Å². The Morgan fingerprint density at radius 2 is 2.20 bits per heavy atom. The van der Waals surface area contributed by atoms with Crippen LogP contribution in [0.3, 0.4) is 0 Å². The van der Waals surface area contributed by atoms with Crippen LogP contribution in [0.25, 0.3) is 0 Å². The maximum absolute atomic E-state index is 12.8. The van der Waals surface area contributed by atoms with Gasteiger partial charge in [0.25, 0.3) is 0 Å². The number of aromatic carboxylic acids is 1. The molecule has 1 saturated carbocycles. The number of hydrogen-bond acceptors (Lipinski definition) is 2. The number of rotatable bonds is 4. The van der Waals surface area contributed by atoms with Crippen molar-refractivity contribution in [3.63, 3.8) is 0 Å². The second-order valence-corrected chi connectivity index (χ2v) is 7.92. The molecule has 2 rings (SSSR count). The molecule has 0 bridgehead atoms. The van der Waals surface area contributed by atoms with Crippen LogP contribution in [-0.2, 0) is 10.8 Å². The zero-order valence-corrected chi connectivity index (χ0v) is 13.9. The summed E-state index contributed by atoms with van der Waals surface area (Å²) in [4.78, 5) is 11.7. The first-order valence-electron chi connectivity index (χ1n) is 6.96. The highest BCUT2D eigenvalue weighted by Crippen LogP contribution is 2.33. The highest BCUT2D eigenvalue weighted by Gasteiger charge is 2.28. The number of carbonyl (C=O) groups is 1. The minimum absolute atomic E-state index is 0.0844. The monoisotopic (exact) mass is 358 g/mol. The summed E-state index contributed by atoms with van der Waals surface area (Å²) in [5.74, 6) is -0.387. The number of carboxylic acids is 1. The third kappa shape index (κ3) is 3.50. The molecular formula is C15H19BrO3S. The van der Waals surface area contributed by atoms with Crippen LogP contribution in [0, 0.1) is 5.92 Å². The van der Waals surface area contributed by atoms with Gasteiger partial charge in [0.05, 0.1) is 21.3 Å². The van der Waals surface area contributed by atoms with Gasteiger partial charge in [0.2, 0.25) is 0 Å². The van der Waals surface area contributed by atoms with Gasteiger partial charge < -0.3 is 5.11 Å². The summed E-state index contributed by atoms with van der Waals surface area (Å²) < 4.78 is 13.5. The molecule has 1 fully saturated rings. The SMILES string of the molecule is CCC1CCCC(S(=O)c2cc(Br)ccc2C(=O)O)C1. The van der Waals surface area contributed by atoms with E-state index in [0.717, 1.165) is 30.2 Å². The minimum Gasteiger partial charge on any atom is -0.478 e. The van der Waals surface area contributed by atoms with Crippen molar-refractivity contribution in [2.45, 2.75) is 49.2 Å². The fraction of sp³-hybridized carbons (Fsp3) is 0.533. The first kappa shape index (κ1) is 15.7. The summed E-state index contributed by atoms with van der Waals surface area (Å²) in [7, 11) is -1.25. The number of carboxylic acid groups (broad SMARTS) is 1. The molecule has 1 aromatic carbocycles. The number of benzene rings is 1. The van der Waals surface area contributed by atoms with E-state index in [0.29, 0.717) is 10.8 Å². The van der Waals surface area contributed by atoms with Crippen LogP contribution in [0.4, 0.5) is 0 Å². The van der Waals surface area contributed by atoms with E-state index in [1.54, 1.807) is 12.1 Å². The van der Waals surface area contributed by atoms with E-state index >= 15 is 0 Å². The lowest BCUT2D eigenvalue weighted by Gasteiger charge is -2.28. The Bertz CT molecular complexity index is 530. The van der Waals surface area contributed by atoms with Crippen LogP contribution >= 0.6 is 15.9 Å². The molecule has 20 heavy (non-hydrogen) atoms. The molecule has 0 heterocycles. The van der Waals surface area contributed by atoms with Crippen molar-refractivity contribution in [2.24, 2.45) is 5.92 Å². The van der Waals surface area contributed by atoms with Crippen molar-refractivity contribution < 1.29 is 14.1 Å². The van der Waals surface area contributed by atoms with Crippen molar-refractivity contribution in [1.82, 2.24) is 0 Å². The highest BCUT2D eigenvalue weighted by atomic mass is 79.9. The normalized spacial score (nSPS) is 24.3. The fourth-order valence-corrected chi connectivity index (χ4v) is 5.14.